The summed E-state index contributed by atoms with van der Waals surface area (Å²) < 4.78 is 0. The Labute approximate surface area is 118 Å². The fourth-order valence-corrected chi connectivity index (χ4v) is 3.16. The zero-order chi connectivity index (χ0) is 13.7. The number of rotatable bonds is 6. The van der Waals surface area contributed by atoms with Crippen LogP contribution in [0.25, 0.3) is 0 Å². The van der Waals surface area contributed by atoms with Gasteiger partial charge in [0.2, 0.25) is 0 Å². The second-order valence-electron chi connectivity index (χ2n) is 6.01. The van der Waals surface area contributed by atoms with Gasteiger partial charge in [0.1, 0.15) is 0 Å². The second kappa shape index (κ2) is 7.06. The van der Waals surface area contributed by atoms with Crippen LogP contribution in [-0.4, -0.2) is 37.1 Å². The van der Waals surface area contributed by atoms with Crippen LogP contribution in [0, 0.1) is 5.92 Å². The SMILES string of the molecule is CCNCC(C(C)C)N1CCC(c2ccccc2)C1. The quantitative estimate of drug-likeness (QED) is 0.845. The molecule has 0 aliphatic carbocycles. The Morgan fingerprint density at radius 1 is 1.26 bits per heavy atom. The van der Waals surface area contributed by atoms with E-state index in [9.17, 15) is 0 Å². The summed E-state index contributed by atoms with van der Waals surface area (Å²) in [6.07, 6.45) is 1.30. The molecule has 19 heavy (non-hydrogen) atoms. The van der Waals surface area contributed by atoms with E-state index in [2.05, 4.69) is 61.3 Å². The van der Waals surface area contributed by atoms with Crippen molar-refractivity contribution < 1.29 is 0 Å². The van der Waals surface area contributed by atoms with E-state index in [1.54, 1.807) is 0 Å². The molecule has 1 heterocycles. The minimum Gasteiger partial charge on any atom is -0.315 e. The predicted octanol–water partition coefficient (Wildman–Crippen LogP) is 3.11. The normalized spacial score (nSPS) is 22.0. The number of likely N-dealkylation sites (N-methyl/N-ethyl adjacent to an activating group) is 1. The predicted molar refractivity (Wildman–Crippen MR) is 82.5 cm³/mol. The molecule has 2 heteroatoms. The van der Waals surface area contributed by atoms with Gasteiger partial charge in [-0.25, -0.2) is 0 Å². The first-order chi connectivity index (χ1) is 9.22. The fraction of sp³-hybridized carbons (Fsp3) is 0.647. The standard InChI is InChI=1S/C17H28N2/c1-4-18-12-17(14(2)3)19-11-10-16(13-19)15-8-6-5-7-9-15/h5-9,14,16-18H,4,10-13H2,1-3H3. The molecule has 2 atom stereocenters. The van der Waals surface area contributed by atoms with Crippen LogP contribution >= 0.6 is 0 Å². The average molecular weight is 260 g/mol. The molecular formula is C17H28N2. The summed E-state index contributed by atoms with van der Waals surface area (Å²) in [7, 11) is 0. The summed E-state index contributed by atoms with van der Waals surface area (Å²) in [5, 5.41) is 3.52. The summed E-state index contributed by atoms with van der Waals surface area (Å²) in [6, 6.07) is 11.7. The number of nitrogens with zero attached hydrogens (tertiary/aromatic N) is 1. The van der Waals surface area contributed by atoms with E-state index >= 15 is 0 Å². The van der Waals surface area contributed by atoms with E-state index in [-0.39, 0.29) is 0 Å². The molecule has 1 N–H and O–H groups in total. The Morgan fingerprint density at radius 2 is 2.00 bits per heavy atom. The number of hydrogen-bond donors (Lipinski definition) is 1. The molecule has 106 valence electrons. The lowest BCUT2D eigenvalue weighted by atomic mass is 9.98. The maximum atomic E-state index is 3.52. The van der Waals surface area contributed by atoms with E-state index in [1.165, 1.54) is 25.1 Å². The Morgan fingerprint density at radius 3 is 2.63 bits per heavy atom. The van der Waals surface area contributed by atoms with Crippen LogP contribution in [0.3, 0.4) is 0 Å². The lowest BCUT2D eigenvalue weighted by molar-refractivity contribution is 0.185. The fourth-order valence-electron chi connectivity index (χ4n) is 3.16. The van der Waals surface area contributed by atoms with Gasteiger partial charge < -0.3 is 5.32 Å². The third-order valence-electron chi connectivity index (χ3n) is 4.33. The molecule has 0 radical (unpaired) electrons. The molecule has 0 amide bonds. The number of benzene rings is 1. The summed E-state index contributed by atoms with van der Waals surface area (Å²) in [4.78, 5) is 2.69. The van der Waals surface area contributed by atoms with E-state index in [0.717, 1.165) is 19.0 Å². The molecule has 0 bridgehead atoms. The maximum absolute atomic E-state index is 3.52. The van der Waals surface area contributed by atoms with Crippen LogP contribution in [0.5, 0.6) is 0 Å². The molecule has 0 saturated carbocycles. The third kappa shape index (κ3) is 3.80. The van der Waals surface area contributed by atoms with Gasteiger partial charge in [-0.2, -0.15) is 0 Å². The molecule has 1 aromatic rings. The van der Waals surface area contributed by atoms with Crippen LogP contribution in [0.1, 0.15) is 38.7 Å². The van der Waals surface area contributed by atoms with Gasteiger partial charge in [-0.1, -0.05) is 51.1 Å². The van der Waals surface area contributed by atoms with Crippen LogP contribution in [0.2, 0.25) is 0 Å². The maximum Gasteiger partial charge on any atom is 0.0243 e. The first-order valence-corrected chi connectivity index (χ1v) is 7.72. The summed E-state index contributed by atoms with van der Waals surface area (Å²) in [5.74, 6) is 1.44. The molecule has 0 aromatic heterocycles. The number of nitrogens with one attached hydrogen (secondary N) is 1. The van der Waals surface area contributed by atoms with Crippen molar-refractivity contribution in [2.45, 2.75) is 39.2 Å². The molecule has 1 aromatic carbocycles. The average Bonchev–Trinajstić information content (AvgIpc) is 2.89. The molecule has 1 fully saturated rings. The van der Waals surface area contributed by atoms with E-state index < -0.39 is 0 Å². The molecule has 0 spiro atoms. The van der Waals surface area contributed by atoms with Gasteiger partial charge in [-0.05, 0) is 36.9 Å². The molecular weight excluding hydrogens is 232 g/mol. The van der Waals surface area contributed by atoms with Gasteiger partial charge in [0.15, 0.2) is 0 Å². The Kier molecular flexibility index (Phi) is 5.41. The topological polar surface area (TPSA) is 15.3 Å². The van der Waals surface area contributed by atoms with Crippen molar-refractivity contribution in [2.75, 3.05) is 26.2 Å². The zero-order valence-corrected chi connectivity index (χ0v) is 12.6. The van der Waals surface area contributed by atoms with Crippen LogP contribution < -0.4 is 5.32 Å². The van der Waals surface area contributed by atoms with Gasteiger partial charge in [-0.15, -0.1) is 0 Å². The number of hydrogen-bond acceptors (Lipinski definition) is 2. The van der Waals surface area contributed by atoms with Crippen molar-refractivity contribution >= 4 is 0 Å². The smallest absolute Gasteiger partial charge is 0.0243 e. The van der Waals surface area contributed by atoms with Crippen molar-refractivity contribution in [3.05, 3.63) is 35.9 Å². The van der Waals surface area contributed by atoms with E-state index in [0.29, 0.717) is 12.0 Å². The van der Waals surface area contributed by atoms with Crippen LogP contribution in [0.4, 0.5) is 0 Å². The highest BCUT2D eigenvalue weighted by Crippen LogP contribution is 2.29. The second-order valence-corrected chi connectivity index (χ2v) is 6.01. The monoisotopic (exact) mass is 260 g/mol. The van der Waals surface area contributed by atoms with Crippen LogP contribution in [0.15, 0.2) is 30.3 Å². The van der Waals surface area contributed by atoms with Gasteiger partial charge in [0.05, 0.1) is 0 Å². The van der Waals surface area contributed by atoms with Gasteiger partial charge in [0.25, 0.3) is 0 Å². The molecule has 2 rings (SSSR count). The lowest BCUT2D eigenvalue weighted by Crippen LogP contribution is -2.44. The summed E-state index contributed by atoms with van der Waals surface area (Å²) >= 11 is 0. The van der Waals surface area contributed by atoms with Gasteiger partial charge >= 0.3 is 0 Å². The van der Waals surface area contributed by atoms with Gasteiger partial charge in [-0.3, -0.25) is 4.90 Å². The Balaban J connectivity index is 1.96. The van der Waals surface area contributed by atoms with Crippen LogP contribution in [-0.2, 0) is 0 Å². The molecule has 1 saturated heterocycles. The minimum atomic E-state index is 0.675. The molecule has 2 unspecified atom stereocenters. The van der Waals surface area contributed by atoms with Crippen molar-refractivity contribution in [3.8, 4) is 0 Å². The van der Waals surface area contributed by atoms with E-state index in [1.807, 2.05) is 0 Å². The molecule has 1 aliphatic rings. The summed E-state index contributed by atoms with van der Waals surface area (Å²) in [5.41, 5.74) is 1.51. The molecule has 1 aliphatic heterocycles. The first-order valence-electron chi connectivity index (χ1n) is 7.72. The van der Waals surface area contributed by atoms with Crippen molar-refractivity contribution in [1.82, 2.24) is 10.2 Å². The first kappa shape index (κ1) is 14.5. The van der Waals surface area contributed by atoms with Crippen molar-refractivity contribution in [2.24, 2.45) is 5.92 Å². The highest BCUT2D eigenvalue weighted by molar-refractivity contribution is 5.21. The minimum absolute atomic E-state index is 0.675. The highest BCUT2D eigenvalue weighted by Gasteiger charge is 2.30. The Bertz CT molecular complexity index is 361. The summed E-state index contributed by atoms with van der Waals surface area (Å²) in [6.45, 7) is 11.5. The van der Waals surface area contributed by atoms with Gasteiger partial charge in [0, 0.05) is 19.1 Å². The zero-order valence-electron chi connectivity index (χ0n) is 12.6. The largest absolute Gasteiger partial charge is 0.315 e. The molecule has 2 nitrogen and oxygen atoms in total. The highest BCUT2D eigenvalue weighted by atomic mass is 15.2. The van der Waals surface area contributed by atoms with Crippen molar-refractivity contribution in [3.63, 3.8) is 0 Å². The Hall–Kier alpha value is -0.860. The lowest BCUT2D eigenvalue weighted by Gasteiger charge is -2.31. The van der Waals surface area contributed by atoms with Crippen molar-refractivity contribution in [1.29, 1.82) is 0 Å². The number of likely N-dealkylation sites (tertiary alicyclic amines) is 1. The van der Waals surface area contributed by atoms with E-state index in [4.69, 9.17) is 0 Å². The third-order valence-corrected chi connectivity index (χ3v) is 4.33.